The fraction of sp³-hybridized carbons (Fsp3) is 0.875. The molecule has 0 aliphatic rings. The van der Waals surface area contributed by atoms with Crippen molar-refractivity contribution >= 4 is 0 Å². The van der Waals surface area contributed by atoms with E-state index in [9.17, 15) is 0 Å². The van der Waals surface area contributed by atoms with Crippen LogP contribution in [-0.2, 0) is 25.8 Å². The molecule has 0 N–H and O–H groups in total. The molecular formula is C32H68Hf. The number of unbranched alkanes of at least 4 members (excludes halogenated alkanes) is 20. The van der Waals surface area contributed by atoms with E-state index in [4.69, 9.17) is 0 Å². The average molecular weight is 631 g/mol. The summed E-state index contributed by atoms with van der Waals surface area (Å²) < 4.78 is 0. The van der Waals surface area contributed by atoms with Gasteiger partial charge >= 0.3 is 25.8 Å². The van der Waals surface area contributed by atoms with Crippen LogP contribution in [0, 0.1) is 27.7 Å². The fourth-order valence-electron chi connectivity index (χ4n) is 3.12. The molecule has 1 heteroatoms. The van der Waals surface area contributed by atoms with Crippen molar-refractivity contribution in [2.75, 3.05) is 0 Å². The topological polar surface area (TPSA) is 0 Å². The smallest absolute Gasteiger partial charge is 0.343 e. The molecule has 0 heterocycles. The summed E-state index contributed by atoms with van der Waals surface area (Å²) in [5.41, 5.74) is 0. The second-order valence-corrected chi connectivity index (χ2v) is 9.07. The fourth-order valence-corrected chi connectivity index (χ4v) is 3.12. The molecule has 0 rings (SSSR count). The summed E-state index contributed by atoms with van der Waals surface area (Å²) in [7, 11) is 0. The maximum atomic E-state index is 3.78. The van der Waals surface area contributed by atoms with E-state index >= 15 is 0 Å². The molecule has 0 radical (unpaired) electrons. The van der Waals surface area contributed by atoms with E-state index < -0.39 is 0 Å². The standard InChI is InChI=1S/4C8H17.Hf/c4*1-3-5-7-8-6-4-2;/h4*1,3-8H2,2H3;/q4*-1;+4. The van der Waals surface area contributed by atoms with Gasteiger partial charge in [0, 0.05) is 0 Å². The molecule has 33 heavy (non-hydrogen) atoms. The van der Waals surface area contributed by atoms with E-state index in [2.05, 4.69) is 55.4 Å². The minimum atomic E-state index is 0. The van der Waals surface area contributed by atoms with Gasteiger partial charge in [-0.05, 0) is 0 Å². The van der Waals surface area contributed by atoms with E-state index in [0.29, 0.717) is 0 Å². The molecule has 0 bridgehead atoms. The van der Waals surface area contributed by atoms with E-state index in [1.54, 1.807) is 0 Å². The first-order valence-corrected chi connectivity index (χ1v) is 14.8. The van der Waals surface area contributed by atoms with Crippen LogP contribution in [0.3, 0.4) is 0 Å². The third kappa shape index (κ3) is 71.9. The van der Waals surface area contributed by atoms with Crippen LogP contribution in [0.1, 0.15) is 182 Å². The first-order valence-electron chi connectivity index (χ1n) is 14.8. The van der Waals surface area contributed by atoms with Gasteiger partial charge in [-0.3, -0.25) is 0 Å². The van der Waals surface area contributed by atoms with Gasteiger partial charge in [-0.15, -0.1) is 0 Å². The zero-order valence-electron chi connectivity index (χ0n) is 24.3. The van der Waals surface area contributed by atoms with Crippen molar-refractivity contribution in [2.24, 2.45) is 0 Å². The van der Waals surface area contributed by atoms with E-state index in [1.165, 1.54) is 128 Å². The molecule has 0 aliphatic carbocycles. The minimum absolute atomic E-state index is 0. The summed E-state index contributed by atoms with van der Waals surface area (Å²) in [5, 5.41) is 0. The predicted molar refractivity (Wildman–Crippen MR) is 155 cm³/mol. The quantitative estimate of drug-likeness (QED) is 0.0713. The van der Waals surface area contributed by atoms with Crippen molar-refractivity contribution < 1.29 is 25.8 Å². The van der Waals surface area contributed by atoms with Crippen molar-refractivity contribution in [1.82, 2.24) is 0 Å². The van der Waals surface area contributed by atoms with Crippen LogP contribution in [0.25, 0.3) is 0 Å². The van der Waals surface area contributed by atoms with Gasteiger partial charge in [-0.1, -0.05) is 156 Å². The first kappa shape index (κ1) is 43.9. The Labute approximate surface area is 234 Å². The third-order valence-corrected chi connectivity index (χ3v) is 5.41. The molecule has 200 valence electrons. The van der Waals surface area contributed by atoms with Gasteiger partial charge in [0.25, 0.3) is 0 Å². The van der Waals surface area contributed by atoms with Crippen molar-refractivity contribution in [3.8, 4) is 0 Å². The van der Waals surface area contributed by atoms with Crippen molar-refractivity contribution in [3.63, 3.8) is 0 Å². The average Bonchev–Trinajstić information content (AvgIpc) is 2.82. The molecular weight excluding hydrogens is 563 g/mol. The summed E-state index contributed by atoms with van der Waals surface area (Å²) in [4.78, 5) is 0. The molecule has 0 spiro atoms. The Morgan fingerprint density at radius 3 is 0.545 bits per heavy atom. The molecule has 0 amide bonds. The van der Waals surface area contributed by atoms with Gasteiger partial charge in [-0.2, -0.15) is 25.7 Å². The predicted octanol–water partition coefficient (Wildman–Crippen LogP) is 12.7. The number of hydrogen-bond acceptors (Lipinski definition) is 0. The molecule has 0 aromatic rings. The van der Waals surface area contributed by atoms with Crippen molar-refractivity contribution in [3.05, 3.63) is 27.7 Å². The van der Waals surface area contributed by atoms with Crippen LogP contribution in [-0.4, -0.2) is 0 Å². The van der Waals surface area contributed by atoms with Gasteiger partial charge in [0.15, 0.2) is 0 Å². The largest absolute Gasteiger partial charge is 4.00 e. The summed E-state index contributed by atoms with van der Waals surface area (Å²) in [6, 6.07) is 0. The van der Waals surface area contributed by atoms with Crippen LogP contribution < -0.4 is 0 Å². The van der Waals surface area contributed by atoms with Crippen LogP contribution in [0.2, 0.25) is 0 Å². The normalized spacial score (nSPS) is 9.45. The summed E-state index contributed by atoms with van der Waals surface area (Å²) >= 11 is 0. The Morgan fingerprint density at radius 1 is 0.273 bits per heavy atom. The maximum Gasteiger partial charge on any atom is 4.00 e. The van der Waals surface area contributed by atoms with Gasteiger partial charge in [0.05, 0.1) is 0 Å². The zero-order valence-corrected chi connectivity index (χ0v) is 27.9. The second-order valence-electron chi connectivity index (χ2n) is 9.07. The van der Waals surface area contributed by atoms with Crippen LogP contribution in [0.15, 0.2) is 0 Å². The zero-order chi connectivity index (χ0) is 25.0. The summed E-state index contributed by atoms with van der Waals surface area (Å²) in [5.74, 6) is 0. The third-order valence-electron chi connectivity index (χ3n) is 5.41. The second kappa shape index (κ2) is 54.0. The Kier molecular flexibility index (Phi) is 71.8. The Bertz CT molecular complexity index is 155. The Balaban J connectivity index is -0.000000105. The number of hydrogen-bond donors (Lipinski definition) is 0. The SMILES string of the molecule is [CH2-]CCCCCCC.[CH2-]CCCCCCC.[CH2-]CCCCCCC.[CH2-]CCCCCCC.[Hf+4]. The molecule has 0 aromatic heterocycles. The molecule has 0 saturated heterocycles. The van der Waals surface area contributed by atoms with Gasteiger partial charge < -0.3 is 27.7 Å². The molecule has 0 aromatic carbocycles. The van der Waals surface area contributed by atoms with Gasteiger partial charge in [-0.25, -0.2) is 0 Å². The van der Waals surface area contributed by atoms with E-state index in [1.807, 2.05) is 0 Å². The molecule has 0 aliphatic heterocycles. The molecule has 0 unspecified atom stereocenters. The van der Waals surface area contributed by atoms with Crippen molar-refractivity contribution in [2.45, 2.75) is 182 Å². The van der Waals surface area contributed by atoms with E-state index in [-0.39, 0.29) is 25.8 Å². The molecule has 0 nitrogen and oxygen atoms in total. The Hall–Kier alpha value is 0.870. The van der Waals surface area contributed by atoms with Crippen LogP contribution in [0.5, 0.6) is 0 Å². The first-order chi connectivity index (χ1) is 15.7. The van der Waals surface area contributed by atoms with Crippen molar-refractivity contribution in [1.29, 1.82) is 0 Å². The maximum absolute atomic E-state index is 3.78. The van der Waals surface area contributed by atoms with Gasteiger partial charge in [0.1, 0.15) is 0 Å². The number of rotatable bonds is 20. The van der Waals surface area contributed by atoms with Crippen LogP contribution >= 0.6 is 0 Å². The van der Waals surface area contributed by atoms with E-state index in [0.717, 1.165) is 25.7 Å². The minimum Gasteiger partial charge on any atom is -0.343 e. The monoisotopic (exact) mass is 632 g/mol. The Morgan fingerprint density at radius 2 is 0.424 bits per heavy atom. The van der Waals surface area contributed by atoms with Gasteiger partial charge in [0.2, 0.25) is 0 Å². The molecule has 0 saturated carbocycles. The van der Waals surface area contributed by atoms with Crippen LogP contribution in [0.4, 0.5) is 0 Å². The summed E-state index contributed by atoms with van der Waals surface area (Å²) in [6.07, 6.45) is 31.9. The molecule has 0 atom stereocenters. The summed E-state index contributed by atoms with van der Waals surface area (Å²) in [6.45, 7) is 24.1. The molecule has 0 fully saturated rings.